The summed E-state index contributed by atoms with van der Waals surface area (Å²) in [4.78, 5) is 6.88. The lowest BCUT2D eigenvalue weighted by Gasteiger charge is -2.34. The molecule has 0 bridgehead atoms. The number of hydrogen-bond acceptors (Lipinski definition) is 4. The lowest BCUT2D eigenvalue weighted by molar-refractivity contribution is 0.174. The third-order valence-corrected chi connectivity index (χ3v) is 5.47. The van der Waals surface area contributed by atoms with Crippen molar-refractivity contribution in [2.75, 3.05) is 26.9 Å². The Morgan fingerprint density at radius 2 is 1.93 bits per heavy atom. The molecule has 2 aromatic rings. The average Bonchev–Trinajstić information content (AvgIpc) is 3.21. The van der Waals surface area contributed by atoms with Gasteiger partial charge in [0.25, 0.3) is 0 Å². The molecule has 2 N–H and O–H groups in total. The van der Waals surface area contributed by atoms with Gasteiger partial charge in [-0.05, 0) is 42.2 Å². The summed E-state index contributed by atoms with van der Waals surface area (Å²) >= 11 is 0. The fourth-order valence-corrected chi connectivity index (χ4v) is 3.72. The van der Waals surface area contributed by atoms with E-state index in [-0.39, 0.29) is 0 Å². The highest BCUT2D eigenvalue weighted by atomic mass is 16.7. The first-order valence-corrected chi connectivity index (χ1v) is 9.87. The summed E-state index contributed by atoms with van der Waals surface area (Å²) in [6.07, 6.45) is 1.12. The van der Waals surface area contributed by atoms with E-state index in [1.807, 2.05) is 18.2 Å². The molecule has 0 aromatic heterocycles. The van der Waals surface area contributed by atoms with Gasteiger partial charge in [0.2, 0.25) is 6.79 Å². The Balaban J connectivity index is 1.26. The first-order chi connectivity index (χ1) is 13.7. The molecule has 0 radical (unpaired) electrons. The highest BCUT2D eigenvalue weighted by molar-refractivity contribution is 5.79. The highest BCUT2D eigenvalue weighted by Gasteiger charge is 2.20. The van der Waals surface area contributed by atoms with E-state index in [4.69, 9.17) is 9.47 Å². The van der Waals surface area contributed by atoms with E-state index in [1.165, 1.54) is 11.1 Å². The zero-order valence-corrected chi connectivity index (χ0v) is 16.6. The van der Waals surface area contributed by atoms with Gasteiger partial charge >= 0.3 is 0 Å². The minimum absolute atomic E-state index is 0.300. The molecule has 1 atom stereocenters. The Morgan fingerprint density at radius 1 is 1.11 bits per heavy atom. The van der Waals surface area contributed by atoms with Crippen molar-refractivity contribution in [2.45, 2.75) is 32.5 Å². The van der Waals surface area contributed by atoms with Gasteiger partial charge < -0.3 is 20.1 Å². The third-order valence-electron chi connectivity index (χ3n) is 5.47. The van der Waals surface area contributed by atoms with E-state index >= 15 is 0 Å². The van der Waals surface area contributed by atoms with Crippen molar-refractivity contribution in [1.29, 1.82) is 0 Å². The van der Waals surface area contributed by atoms with Gasteiger partial charge in [-0.1, -0.05) is 30.3 Å². The zero-order valence-electron chi connectivity index (χ0n) is 16.6. The molecule has 148 valence electrons. The number of benzene rings is 2. The van der Waals surface area contributed by atoms with Crippen LogP contribution in [0.15, 0.2) is 47.5 Å². The molecule has 0 saturated carbocycles. The summed E-state index contributed by atoms with van der Waals surface area (Å²) in [5.74, 6) is 2.42. The van der Waals surface area contributed by atoms with E-state index in [0.717, 1.165) is 49.1 Å². The fourth-order valence-electron chi connectivity index (χ4n) is 3.72. The summed E-state index contributed by atoms with van der Waals surface area (Å²) in [6, 6.07) is 15.2. The number of aliphatic imine (C=N–C) groups is 1. The van der Waals surface area contributed by atoms with Gasteiger partial charge in [-0.25, -0.2) is 0 Å². The predicted octanol–water partition coefficient (Wildman–Crippen LogP) is 2.53. The number of rotatable bonds is 5. The van der Waals surface area contributed by atoms with Crippen LogP contribution in [0.5, 0.6) is 11.5 Å². The Bertz CT molecular complexity index is 852. The molecular weight excluding hydrogens is 352 g/mol. The second-order valence-electron chi connectivity index (χ2n) is 7.33. The molecule has 2 aliphatic heterocycles. The van der Waals surface area contributed by atoms with Gasteiger partial charge in [0.1, 0.15) is 0 Å². The molecule has 4 rings (SSSR count). The Labute approximate surface area is 166 Å². The monoisotopic (exact) mass is 380 g/mol. The Kier molecular flexibility index (Phi) is 5.67. The largest absolute Gasteiger partial charge is 0.454 e. The second kappa shape index (κ2) is 8.52. The van der Waals surface area contributed by atoms with E-state index < -0.39 is 0 Å². The van der Waals surface area contributed by atoms with Gasteiger partial charge in [0.05, 0.1) is 0 Å². The van der Waals surface area contributed by atoms with E-state index in [0.29, 0.717) is 19.4 Å². The van der Waals surface area contributed by atoms with Crippen molar-refractivity contribution < 1.29 is 9.47 Å². The number of nitrogens with one attached hydrogen (secondary N) is 2. The zero-order chi connectivity index (χ0) is 19.3. The van der Waals surface area contributed by atoms with Crippen LogP contribution in [0.4, 0.5) is 0 Å². The first kappa shape index (κ1) is 18.6. The number of hydrogen-bond donors (Lipinski definition) is 2. The van der Waals surface area contributed by atoms with E-state index in [1.54, 1.807) is 7.05 Å². The van der Waals surface area contributed by atoms with Crippen LogP contribution in [-0.4, -0.2) is 43.8 Å². The van der Waals surface area contributed by atoms with Crippen LogP contribution in [0.3, 0.4) is 0 Å². The average molecular weight is 380 g/mol. The molecule has 0 spiro atoms. The van der Waals surface area contributed by atoms with Gasteiger partial charge in [0, 0.05) is 39.3 Å². The maximum Gasteiger partial charge on any atom is 0.231 e. The minimum Gasteiger partial charge on any atom is -0.454 e. The highest BCUT2D eigenvalue weighted by Crippen LogP contribution is 2.32. The van der Waals surface area contributed by atoms with Crippen molar-refractivity contribution >= 4 is 5.96 Å². The summed E-state index contributed by atoms with van der Waals surface area (Å²) < 4.78 is 10.8. The van der Waals surface area contributed by atoms with Crippen LogP contribution < -0.4 is 20.1 Å². The molecule has 2 heterocycles. The Hall–Kier alpha value is -2.73. The molecule has 0 saturated heterocycles. The molecule has 0 aliphatic carbocycles. The summed E-state index contributed by atoms with van der Waals surface area (Å²) in [5, 5.41) is 6.83. The number of ether oxygens (including phenoxy) is 2. The van der Waals surface area contributed by atoms with Gasteiger partial charge in [-0.3, -0.25) is 9.89 Å². The van der Waals surface area contributed by atoms with Crippen molar-refractivity contribution in [3.63, 3.8) is 0 Å². The SMILES string of the molecule is CN=C(NCc1ccc2c(c1)OCO2)NCC(C)N1CCc2ccccc2C1. The Morgan fingerprint density at radius 3 is 2.79 bits per heavy atom. The van der Waals surface area contributed by atoms with E-state index in [2.05, 4.69) is 51.7 Å². The lowest BCUT2D eigenvalue weighted by atomic mass is 9.99. The second-order valence-corrected chi connectivity index (χ2v) is 7.33. The standard InChI is InChI=1S/C22H28N4O2/c1-16(26-10-9-18-5-3-4-6-19(18)14-26)12-24-22(23-2)25-13-17-7-8-20-21(11-17)28-15-27-20/h3-8,11,16H,9-10,12-15H2,1-2H3,(H2,23,24,25). The van der Waals surface area contributed by atoms with Gasteiger partial charge in [-0.15, -0.1) is 0 Å². The number of guanidine groups is 1. The maximum absolute atomic E-state index is 5.44. The number of fused-ring (bicyclic) bond motifs is 2. The third kappa shape index (κ3) is 4.22. The van der Waals surface area contributed by atoms with Crippen LogP contribution >= 0.6 is 0 Å². The summed E-state index contributed by atoms with van der Waals surface area (Å²) in [7, 11) is 1.80. The molecular formula is C22H28N4O2. The van der Waals surface area contributed by atoms with E-state index in [9.17, 15) is 0 Å². The molecule has 0 fully saturated rings. The maximum atomic E-state index is 5.44. The van der Waals surface area contributed by atoms with Crippen LogP contribution in [0.2, 0.25) is 0 Å². The van der Waals surface area contributed by atoms with Gasteiger partial charge in [-0.2, -0.15) is 0 Å². The van der Waals surface area contributed by atoms with Crippen LogP contribution in [-0.2, 0) is 19.5 Å². The molecule has 2 aliphatic rings. The summed E-state index contributed by atoms with van der Waals surface area (Å²) in [5.41, 5.74) is 4.07. The van der Waals surface area contributed by atoms with Crippen molar-refractivity contribution in [3.8, 4) is 11.5 Å². The smallest absolute Gasteiger partial charge is 0.231 e. The van der Waals surface area contributed by atoms with Crippen LogP contribution in [0.25, 0.3) is 0 Å². The predicted molar refractivity (Wildman–Crippen MR) is 111 cm³/mol. The lowest BCUT2D eigenvalue weighted by Crippen LogP contribution is -2.47. The fraction of sp³-hybridized carbons (Fsp3) is 0.409. The van der Waals surface area contributed by atoms with Gasteiger partial charge in [0.15, 0.2) is 17.5 Å². The molecule has 28 heavy (non-hydrogen) atoms. The van der Waals surface area contributed by atoms with Crippen molar-refractivity contribution in [3.05, 3.63) is 59.2 Å². The van der Waals surface area contributed by atoms with Crippen LogP contribution in [0.1, 0.15) is 23.6 Å². The molecule has 2 aromatic carbocycles. The molecule has 1 unspecified atom stereocenters. The minimum atomic E-state index is 0.300. The first-order valence-electron chi connectivity index (χ1n) is 9.87. The van der Waals surface area contributed by atoms with Crippen molar-refractivity contribution in [2.24, 2.45) is 4.99 Å². The quantitative estimate of drug-likeness (QED) is 0.617. The topological polar surface area (TPSA) is 58.1 Å². The van der Waals surface area contributed by atoms with Crippen LogP contribution in [0, 0.1) is 0 Å². The number of nitrogens with zero attached hydrogens (tertiary/aromatic N) is 2. The molecule has 6 nitrogen and oxygen atoms in total. The molecule has 6 heteroatoms. The summed E-state index contributed by atoms with van der Waals surface area (Å²) in [6.45, 7) is 6.22. The normalized spacial score (nSPS) is 17.1. The van der Waals surface area contributed by atoms with Crippen molar-refractivity contribution in [1.82, 2.24) is 15.5 Å². The molecule has 0 amide bonds.